The molecule has 0 aromatic heterocycles. The zero-order valence-corrected chi connectivity index (χ0v) is 9.27. The second-order valence-corrected chi connectivity index (χ2v) is 3.12. The Balaban J connectivity index is 2.59. The van der Waals surface area contributed by atoms with E-state index in [9.17, 15) is 4.79 Å². The Kier molecular flexibility index (Phi) is 4.34. The molecule has 0 bridgehead atoms. The first-order valence-electron chi connectivity index (χ1n) is 4.98. The average molecular weight is 219 g/mol. The lowest BCUT2D eigenvalue weighted by atomic mass is 10.3. The molecule has 1 aromatic rings. The second-order valence-electron chi connectivity index (χ2n) is 3.12. The summed E-state index contributed by atoms with van der Waals surface area (Å²) in [5, 5.41) is 0. The maximum Gasteiger partial charge on any atom is 0.347 e. The first-order chi connectivity index (χ1) is 7.67. The first-order valence-corrected chi connectivity index (χ1v) is 4.98. The van der Waals surface area contributed by atoms with Crippen molar-refractivity contribution >= 4 is 11.7 Å². The Morgan fingerprint density at radius 3 is 2.56 bits per heavy atom. The number of rotatable bonds is 4. The van der Waals surface area contributed by atoms with Crippen molar-refractivity contribution in [2.24, 2.45) is 0 Å². The van der Waals surface area contributed by atoms with E-state index in [-0.39, 0.29) is 0 Å². The fourth-order valence-electron chi connectivity index (χ4n) is 1.11. The van der Waals surface area contributed by atoms with Crippen molar-refractivity contribution in [3.05, 3.63) is 35.7 Å². The highest BCUT2D eigenvalue weighted by Crippen LogP contribution is 2.18. The van der Waals surface area contributed by atoms with Gasteiger partial charge < -0.3 is 9.47 Å². The zero-order chi connectivity index (χ0) is 12.0. The van der Waals surface area contributed by atoms with E-state index >= 15 is 0 Å². The molecule has 4 heteroatoms. The van der Waals surface area contributed by atoms with Crippen molar-refractivity contribution in [1.29, 1.82) is 0 Å². The van der Waals surface area contributed by atoms with Crippen LogP contribution in [-0.4, -0.2) is 18.7 Å². The minimum Gasteiger partial charge on any atom is -0.479 e. The molecule has 0 fully saturated rings. The molecule has 0 heterocycles. The molecule has 1 unspecified atom stereocenters. The highest BCUT2D eigenvalue weighted by molar-refractivity contribution is 5.74. The van der Waals surface area contributed by atoms with Crippen LogP contribution in [0.15, 0.2) is 24.3 Å². The predicted molar refractivity (Wildman–Crippen MR) is 59.4 cm³/mol. The number of carbonyl (C=O) groups excluding carboxylic acids is 1. The van der Waals surface area contributed by atoms with Gasteiger partial charge in [-0.2, -0.15) is 0 Å². The lowest BCUT2D eigenvalue weighted by Crippen LogP contribution is -2.25. The van der Waals surface area contributed by atoms with E-state index in [0.717, 1.165) is 0 Å². The van der Waals surface area contributed by atoms with Crippen LogP contribution in [0.5, 0.6) is 5.75 Å². The summed E-state index contributed by atoms with van der Waals surface area (Å²) in [5.74, 6) is 0.157. The van der Waals surface area contributed by atoms with Gasteiger partial charge in [0.25, 0.3) is 0 Å². The van der Waals surface area contributed by atoms with Gasteiger partial charge in [0, 0.05) is 0 Å². The van der Waals surface area contributed by atoms with Crippen LogP contribution in [-0.2, 0) is 9.53 Å². The molecule has 0 amide bonds. The van der Waals surface area contributed by atoms with Crippen molar-refractivity contribution in [3.8, 4) is 5.75 Å². The maximum atomic E-state index is 11.3. The Bertz CT molecular complexity index is 392. The third-order valence-electron chi connectivity index (χ3n) is 1.90. The van der Waals surface area contributed by atoms with Gasteiger partial charge in [-0.15, -0.1) is 0 Å². The summed E-state index contributed by atoms with van der Waals surface area (Å²) in [6.07, 6.45) is -0.640. The van der Waals surface area contributed by atoms with Crippen LogP contribution < -0.4 is 4.74 Å². The summed E-state index contributed by atoms with van der Waals surface area (Å²) in [5.41, 5.74) is 0.538. The summed E-state index contributed by atoms with van der Waals surface area (Å²) in [6, 6.07) is 6.59. The van der Waals surface area contributed by atoms with Gasteiger partial charge in [-0.1, -0.05) is 12.1 Å². The van der Waals surface area contributed by atoms with Gasteiger partial charge >= 0.3 is 5.97 Å². The third-order valence-corrected chi connectivity index (χ3v) is 1.90. The molecule has 0 aliphatic carbocycles. The average Bonchev–Trinajstić information content (AvgIpc) is 2.30. The molecule has 84 valence electrons. The number of ether oxygens (including phenoxy) is 2. The highest BCUT2D eigenvalue weighted by atomic mass is 16.6. The lowest BCUT2D eigenvalue weighted by molar-refractivity contribution is -0.150. The summed E-state index contributed by atoms with van der Waals surface area (Å²) >= 11 is 0. The molecule has 0 saturated heterocycles. The van der Waals surface area contributed by atoms with E-state index in [1.807, 2.05) is 0 Å². The quantitative estimate of drug-likeness (QED) is 0.577. The van der Waals surface area contributed by atoms with Crippen LogP contribution in [0.4, 0.5) is 5.69 Å². The van der Waals surface area contributed by atoms with Crippen LogP contribution in [0, 0.1) is 6.57 Å². The summed E-state index contributed by atoms with van der Waals surface area (Å²) in [7, 11) is 0. The van der Waals surface area contributed by atoms with Crippen LogP contribution in [0.2, 0.25) is 0 Å². The minimum absolute atomic E-state index is 0.337. The Morgan fingerprint density at radius 1 is 1.44 bits per heavy atom. The Labute approximate surface area is 94.6 Å². The van der Waals surface area contributed by atoms with Gasteiger partial charge in [-0.3, -0.25) is 0 Å². The molecule has 1 aromatic carbocycles. The van der Waals surface area contributed by atoms with Crippen LogP contribution >= 0.6 is 0 Å². The van der Waals surface area contributed by atoms with E-state index in [2.05, 4.69) is 4.85 Å². The molecular formula is C12H13NO3. The molecule has 1 rings (SSSR count). The van der Waals surface area contributed by atoms with E-state index in [4.69, 9.17) is 16.0 Å². The molecule has 0 radical (unpaired) electrons. The van der Waals surface area contributed by atoms with Gasteiger partial charge in [0.1, 0.15) is 5.75 Å². The highest BCUT2D eigenvalue weighted by Gasteiger charge is 2.15. The fraction of sp³-hybridized carbons (Fsp3) is 0.333. The Hall–Kier alpha value is -2.02. The van der Waals surface area contributed by atoms with Crippen LogP contribution in [0.25, 0.3) is 4.85 Å². The van der Waals surface area contributed by atoms with E-state index in [0.29, 0.717) is 18.0 Å². The fourth-order valence-corrected chi connectivity index (χ4v) is 1.11. The van der Waals surface area contributed by atoms with Crippen LogP contribution in [0.1, 0.15) is 13.8 Å². The zero-order valence-electron chi connectivity index (χ0n) is 9.27. The molecule has 0 N–H and O–H groups in total. The summed E-state index contributed by atoms with van der Waals surface area (Å²) in [6.45, 7) is 10.5. The molecule has 0 spiro atoms. The van der Waals surface area contributed by atoms with Crippen molar-refractivity contribution in [3.63, 3.8) is 0 Å². The van der Waals surface area contributed by atoms with E-state index < -0.39 is 12.1 Å². The molecule has 0 aliphatic heterocycles. The first kappa shape index (κ1) is 12.1. The molecule has 1 atom stereocenters. The topological polar surface area (TPSA) is 39.9 Å². The van der Waals surface area contributed by atoms with Crippen molar-refractivity contribution in [2.75, 3.05) is 6.61 Å². The standard InChI is InChI=1S/C12H13NO3/c1-4-15-12(14)9(2)16-11-7-5-10(13-3)6-8-11/h5-9H,4H2,1-2H3. The normalized spacial score (nSPS) is 11.3. The third kappa shape index (κ3) is 3.28. The van der Waals surface area contributed by atoms with Crippen LogP contribution in [0.3, 0.4) is 0 Å². The maximum absolute atomic E-state index is 11.3. The summed E-state index contributed by atoms with van der Waals surface area (Å²) in [4.78, 5) is 14.5. The lowest BCUT2D eigenvalue weighted by Gasteiger charge is -2.13. The van der Waals surface area contributed by atoms with Gasteiger partial charge in [0.15, 0.2) is 11.8 Å². The van der Waals surface area contributed by atoms with E-state index in [1.165, 1.54) is 0 Å². The number of hydrogen-bond donors (Lipinski definition) is 0. The molecule has 0 saturated carbocycles. The number of esters is 1. The molecular weight excluding hydrogens is 206 g/mol. The number of benzene rings is 1. The largest absolute Gasteiger partial charge is 0.479 e. The molecule has 4 nitrogen and oxygen atoms in total. The van der Waals surface area contributed by atoms with Gasteiger partial charge in [-0.25, -0.2) is 9.64 Å². The predicted octanol–water partition coefficient (Wildman–Crippen LogP) is 2.57. The van der Waals surface area contributed by atoms with Gasteiger partial charge in [-0.05, 0) is 26.0 Å². The minimum atomic E-state index is -0.640. The van der Waals surface area contributed by atoms with Crippen molar-refractivity contribution in [2.45, 2.75) is 20.0 Å². The van der Waals surface area contributed by atoms with Gasteiger partial charge in [0.2, 0.25) is 0 Å². The number of hydrogen-bond acceptors (Lipinski definition) is 3. The Morgan fingerprint density at radius 2 is 2.06 bits per heavy atom. The van der Waals surface area contributed by atoms with Crippen molar-refractivity contribution in [1.82, 2.24) is 0 Å². The van der Waals surface area contributed by atoms with Gasteiger partial charge in [0.05, 0.1) is 13.2 Å². The second kappa shape index (κ2) is 5.76. The number of nitrogens with zero attached hydrogens (tertiary/aromatic N) is 1. The molecule has 16 heavy (non-hydrogen) atoms. The summed E-state index contributed by atoms with van der Waals surface area (Å²) < 4.78 is 10.2. The van der Waals surface area contributed by atoms with Crippen molar-refractivity contribution < 1.29 is 14.3 Å². The van der Waals surface area contributed by atoms with E-state index in [1.54, 1.807) is 38.1 Å². The monoisotopic (exact) mass is 219 g/mol. The number of carbonyl (C=O) groups is 1. The molecule has 0 aliphatic rings. The SMILES string of the molecule is [C-]#[N+]c1ccc(OC(C)C(=O)OCC)cc1. The smallest absolute Gasteiger partial charge is 0.347 e.